The van der Waals surface area contributed by atoms with Crippen molar-refractivity contribution in [2.24, 2.45) is 0 Å². The van der Waals surface area contributed by atoms with E-state index in [-0.39, 0.29) is 24.7 Å². The number of Topliss-reactive ketones (excluding diaryl/α,β-unsaturated/α-hetero) is 1. The third kappa shape index (κ3) is 3.83. The SMILES string of the molecule is CCOc1cc(CO)cc(CC(=O)CCl)c1. The van der Waals surface area contributed by atoms with Crippen LogP contribution in [0.25, 0.3) is 0 Å². The van der Waals surface area contributed by atoms with E-state index >= 15 is 0 Å². The van der Waals surface area contributed by atoms with Crippen LogP contribution in [0.5, 0.6) is 5.75 Å². The first kappa shape index (κ1) is 13.0. The number of carbonyl (C=O) groups excluding carboxylic acids is 1. The predicted octanol–water partition coefficient (Wildman–Crippen LogP) is 1.93. The Kier molecular flexibility index (Phi) is 5.29. The lowest BCUT2D eigenvalue weighted by atomic mass is 10.1. The molecule has 0 saturated heterocycles. The number of ether oxygens (including phenoxy) is 1. The Bertz CT molecular complexity index is 363. The number of benzene rings is 1. The molecule has 0 fully saturated rings. The molecule has 1 aromatic carbocycles. The Labute approximate surface area is 100.0 Å². The molecule has 0 unspecified atom stereocenters. The molecule has 0 aliphatic carbocycles. The molecule has 88 valence electrons. The van der Waals surface area contributed by atoms with Gasteiger partial charge in [-0.3, -0.25) is 4.79 Å². The Hall–Kier alpha value is -1.06. The van der Waals surface area contributed by atoms with Gasteiger partial charge in [-0.2, -0.15) is 0 Å². The first-order valence-electron chi connectivity index (χ1n) is 5.13. The van der Waals surface area contributed by atoms with Crippen LogP contribution >= 0.6 is 11.6 Å². The smallest absolute Gasteiger partial charge is 0.151 e. The van der Waals surface area contributed by atoms with Crippen LogP contribution in [-0.4, -0.2) is 23.4 Å². The van der Waals surface area contributed by atoms with E-state index in [0.717, 1.165) is 11.1 Å². The molecular weight excluding hydrogens is 228 g/mol. The molecule has 0 heterocycles. The second kappa shape index (κ2) is 6.51. The summed E-state index contributed by atoms with van der Waals surface area (Å²) in [6, 6.07) is 5.35. The molecule has 0 aliphatic heterocycles. The fourth-order valence-electron chi connectivity index (χ4n) is 1.45. The van der Waals surface area contributed by atoms with Gasteiger partial charge in [-0.1, -0.05) is 6.07 Å². The van der Waals surface area contributed by atoms with Crippen LogP contribution in [0.15, 0.2) is 18.2 Å². The summed E-state index contributed by atoms with van der Waals surface area (Å²) in [4.78, 5) is 11.2. The van der Waals surface area contributed by atoms with E-state index < -0.39 is 0 Å². The first-order chi connectivity index (χ1) is 7.69. The van der Waals surface area contributed by atoms with Crippen molar-refractivity contribution < 1.29 is 14.6 Å². The average molecular weight is 243 g/mol. The molecule has 1 aromatic rings. The largest absolute Gasteiger partial charge is 0.494 e. The van der Waals surface area contributed by atoms with Gasteiger partial charge in [-0.15, -0.1) is 11.6 Å². The summed E-state index contributed by atoms with van der Waals surface area (Å²) in [5, 5.41) is 9.08. The maximum Gasteiger partial charge on any atom is 0.151 e. The molecule has 0 radical (unpaired) electrons. The van der Waals surface area contributed by atoms with Crippen molar-refractivity contribution >= 4 is 17.4 Å². The van der Waals surface area contributed by atoms with Crippen LogP contribution in [-0.2, 0) is 17.8 Å². The minimum atomic E-state index is -0.0665. The van der Waals surface area contributed by atoms with Crippen molar-refractivity contribution in [2.45, 2.75) is 20.0 Å². The standard InChI is InChI=1S/C12H15ClO3/c1-2-16-12-5-9(4-11(15)7-13)3-10(6-12)8-14/h3,5-6,14H,2,4,7-8H2,1H3. The lowest BCUT2D eigenvalue weighted by molar-refractivity contribution is -0.116. The number of alkyl halides is 1. The highest BCUT2D eigenvalue weighted by Crippen LogP contribution is 2.18. The minimum Gasteiger partial charge on any atom is -0.494 e. The zero-order valence-corrected chi connectivity index (χ0v) is 9.96. The van der Waals surface area contributed by atoms with Crippen LogP contribution in [0.3, 0.4) is 0 Å². The number of halogens is 1. The number of hydrogen-bond acceptors (Lipinski definition) is 3. The molecule has 4 heteroatoms. The fraction of sp³-hybridized carbons (Fsp3) is 0.417. The number of hydrogen-bond donors (Lipinski definition) is 1. The number of rotatable bonds is 6. The van der Waals surface area contributed by atoms with Crippen molar-refractivity contribution in [3.8, 4) is 5.75 Å². The molecule has 16 heavy (non-hydrogen) atoms. The van der Waals surface area contributed by atoms with Gasteiger partial charge in [-0.25, -0.2) is 0 Å². The summed E-state index contributed by atoms with van der Waals surface area (Å²) in [7, 11) is 0. The fourth-order valence-corrected chi connectivity index (χ4v) is 1.54. The number of aliphatic hydroxyl groups is 1. The van der Waals surface area contributed by atoms with E-state index in [9.17, 15) is 4.79 Å². The molecular formula is C12H15ClO3. The van der Waals surface area contributed by atoms with Crippen LogP contribution in [0.1, 0.15) is 18.1 Å². The zero-order chi connectivity index (χ0) is 12.0. The highest BCUT2D eigenvalue weighted by atomic mass is 35.5. The normalized spacial score (nSPS) is 10.2. The van der Waals surface area contributed by atoms with Gasteiger partial charge in [0.2, 0.25) is 0 Å². The Morgan fingerprint density at radius 2 is 2.06 bits per heavy atom. The Morgan fingerprint density at radius 1 is 1.38 bits per heavy atom. The molecule has 0 amide bonds. The average Bonchev–Trinajstić information content (AvgIpc) is 2.29. The highest BCUT2D eigenvalue weighted by molar-refractivity contribution is 6.27. The third-order valence-electron chi connectivity index (χ3n) is 2.07. The minimum absolute atomic E-state index is 0.00726. The van der Waals surface area contributed by atoms with Crippen LogP contribution in [0.4, 0.5) is 0 Å². The molecule has 0 spiro atoms. The predicted molar refractivity (Wildman–Crippen MR) is 63.0 cm³/mol. The first-order valence-corrected chi connectivity index (χ1v) is 5.67. The van der Waals surface area contributed by atoms with E-state index in [0.29, 0.717) is 12.4 Å². The lowest BCUT2D eigenvalue weighted by Crippen LogP contribution is -2.05. The molecule has 3 nitrogen and oxygen atoms in total. The summed E-state index contributed by atoms with van der Waals surface area (Å²) in [6.07, 6.45) is 0.275. The summed E-state index contributed by atoms with van der Waals surface area (Å²) in [5.41, 5.74) is 1.56. The molecule has 1 rings (SSSR count). The molecule has 0 aromatic heterocycles. The highest BCUT2D eigenvalue weighted by Gasteiger charge is 2.06. The zero-order valence-electron chi connectivity index (χ0n) is 9.20. The van der Waals surface area contributed by atoms with Crippen LogP contribution < -0.4 is 4.74 Å². The van der Waals surface area contributed by atoms with Crippen molar-refractivity contribution in [2.75, 3.05) is 12.5 Å². The summed E-state index contributed by atoms with van der Waals surface area (Å²) in [5.74, 6) is 0.637. The van der Waals surface area contributed by atoms with Crippen LogP contribution in [0.2, 0.25) is 0 Å². The summed E-state index contributed by atoms with van der Waals surface area (Å²) in [6.45, 7) is 2.37. The molecule has 0 atom stereocenters. The number of carbonyl (C=O) groups is 1. The van der Waals surface area contributed by atoms with Crippen molar-refractivity contribution in [1.82, 2.24) is 0 Å². The maximum atomic E-state index is 11.2. The van der Waals surface area contributed by atoms with Gasteiger partial charge < -0.3 is 9.84 Å². The number of aliphatic hydroxyl groups excluding tert-OH is 1. The lowest BCUT2D eigenvalue weighted by Gasteiger charge is -2.08. The van der Waals surface area contributed by atoms with Crippen molar-refractivity contribution in [3.05, 3.63) is 29.3 Å². The summed E-state index contributed by atoms with van der Waals surface area (Å²) >= 11 is 5.45. The van der Waals surface area contributed by atoms with E-state index in [1.54, 1.807) is 18.2 Å². The van der Waals surface area contributed by atoms with Gasteiger partial charge >= 0.3 is 0 Å². The Morgan fingerprint density at radius 3 is 2.62 bits per heavy atom. The van der Waals surface area contributed by atoms with Gasteiger partial charge in [0.15, 0.2) is 5.78 Å². The van der Waals surface area contributed by atoms with Crippen molar-refractivity contribution in [3.63, 3.8) is 0 Å². The monoisotopic (exact) mass is 242 g/mol. The molecule has 0 saturated carbocycles. The van der Waals surface area contributed by atoms with E-state index in [1.165, 1.54) is 0 Å². The van der Waals surface area contributed by atoms with Crippen molar-refractivity contribution in [1.29, 1.82) is 0 Å². The quantitative estimate of drug-likeness (QED) is 0.776. The topological polar surface area (TPSA) is 46.5 Å². The molecule has 0 aliphatic rings. The molecule has 1 N–H and O–H groups in total. The van der Waals surface area contributed by atoms with Gasteiger partial charge in [0.25, 0.3) is 0 Å². The third-order valence-corrected chi connectivity index (χ3v) is 2.37. The summed E-state index contributed by atoms with van der Waals surface area (Å²) < 4.78 is 5.35. The van der Waals surface area contributed by atoms with E-state index in [2.05, 4.69) is 0 Å². The molecule has 0 bridgehead atoms. The van der Waals surface area contributed by atoms with Crippen LogP contribution in [0, 0.1) is 0 Å². The van der Waals surface area contributed by atoms with Gasteiger partial charge in [-0.05, 0) is 30.2 Å². The van der Waals surface area contributed by atoms with E-state index in [4.69, 9.17) is 21.4 Å². The van der Waals surface area contributed by atoms with Gasteiger partial charge in [0.1, 0.15) is 5.75 Å². The number of ketones is 1. The van der Waals surface area contributed by atoms with Gasteiger partial charge in [0, 0.05) is 6.42 Å². The second-order valence-electron chi connectivity index (χ2n) is 3.43. The van der Waals surface area contributed by atoms with Gasteiger partial charge in [0.05, 0.1) is 19.1 Å². The van der Waals surface area contributed by atoms with E-state index in [1.807, 2.05) is 6.92 Å². The maximum absolute atomic E-state index is 11.2. The second-order valence-corrected chi connectivity index (χ2v) is 3.69. The Balaban J connectivity index is 2.90.